The van der Waals surface area contributed by atoms with E-state index in [2.05, 4.69) is 24.8 Å². The molecule has 2 N–H and O–H groups in total. The molecular formula is C27H30N6O3. The number of carbonyl (C=O) groups excluding carboxylic acids is 1. The fourth-order valence-corrected chi connectivity index (χ4v) is 5.08. The molecule has 0 saturated carbocycles. The van der Waals surface area contributed by atoms with Crippen molar-refractivity contribution in [3.63, 3.8) is 0 Å². The molecule has 1 aromatic carbocycles. The largest absolute Gasteiger partial charge is 0.386 e. The Kier molecular flexibility index (Phi) is 6.65. The number of aliphatic hydroxyl groups is 1. The number of hydrogen-bond donors (Lipinski definition) is 2. The van der Waals surface area contributed by atoms with E-state index in [1.165, 1.54) is 0 Å². The lowest BCUT2D eigenvalue weighted by Crippen LogP contribution is -2.54. The summed E-state index contributed by atoms with van der Waals surface area (Å²) >= 11 is 0. The highest BCUT2D eigenvalue weighted by molar-refractivity contribution is 5.90. The number of fused-ring (bicyclic) bond motifs is 2. The summed E-state index contributed by atoms with van der Waals surface area (Å²) < 4.78 is 0. The van der Waals surface area contributed by atoms with Crippen molar-refractivity contribution in [2.24, 2.45) is 0 Å². The summed E-state index contributed by atoms with van der Waals surface area (Å²) in [6.45, 7) is 1.51. The number of nitrogens with one attached hydrogen (secondary N) is 1. The predicted octanol–water partition coefficient (Wildman–Crippen LogP) is 2.68. The molecule has 1 amide bonds. The van der Waals surface area contributed by atoms with Crippen LogP contribution in [0.1, 0.15) is 31.5 Å². The van der Waals surface area contributed by atoms with E-state index in [0.717, 1.165) is 29.6 Å². The number of para-hydroxylation sites is 1. The second-order valence-electron chi connectivity index (χ2n) is 9.61. The van der Waals surface area contributed by atoms with E-state index in [1.807, 2.05) is 30.3 Å². The van der Waals surface area contributed by atoms with Crippen LogP contribution in [0.3, 0.4) is 0 Å². The third-order valence-corrected chi connectivity index (χ3v) is 6.84. The van der Waals surface area contributed by atoms with Crippen LogP contribution in [-0.2, 0) is 11.2 Å². The molecule has 9 nitrogen and oxygen atoms in total. The van der Waals surface area contributed by atoms with Crippen molar-refractivity contribution in [2.75, 3.05) is 31.6 Å². The molecule has 186 valence electrons. The van der Waals surface area contributed by atoms with Crippen LogP contribution < -0.4 is 10.5 Å². The zero-order valence-electron chi connectivity index (χ0n) is 20.4. The standard InChI is InChI=1S/C27H30N6O3/c1-32(25(34)9-4-8-24-30-22-7-3-2-6-19(22)26(35)31-24)17-27(36)12-5-15-33(18-27)23-11-14-29-21-10-13-28-16-20(21)23/h2-3,6-7,10-11,13-14,16,36H,4-5,8-9,12,15,17-18H2,1H3,(H,30,31,35). The first-order valence-corrected chi connectivity index (χ1v) is 12.3. The number of piperidine rings is 1. The van der Waals surface area contributed by atoms with Crippen LogP contribution in [-0.4, -0.2) is 68.1 Å². The Morgan fingerprint density at radius 3 is 2.92 bits per heavy atom. The fraction of sp³-hybridized carbons (Fsp3) is 0.370. The van der Waals surface area contributed by atoms with Crippen molar-refractivity contribution in [3.8, 4) is 0 Å². The fourth-order valence-electron chi connectivity index (χ4n) is 5.08. The van der Waals surface area contributed by atoms with Gasteiger partial charge in [-0.2, -0.15) is 0 Å². The van der Waals surface area contributed by atoms with E-state index in [-0.39, 0.29) is 18.0 Å². The molecule has 4 heterocycles. The normalized spacial score (nSPS) is 18.0. The number of β-amino-alcohol motifs (C(OH)–C–C–N with tert-alkyl or cyclic N) is 1. The van der Waals surface area contributed by atoms with E-state index in [0.29, 0.717) is 49.0 Å². The van der Waals surface area contributed by atoms with Crippen LogP contribution in [0, 0.1) is 0 Å². The minimum Gasteiger partial charge on any atom is -0.386 e. The number of amides is 1. The van der Waals surface area contributed by atoms with Crippen molar-refractivity contribution in [2.45, 2.75) is 37.7 Å². The third-order valence-electron chi connectivity index (χ3n) is 6.84. The maximum atomic E-state index is 12.8. The second-order valence-corrected chi connectivity index (χ2v) is 9.61. The van der Waals surface area contributed by atoms with E-state index in [4.69, 9.17) is 0 Å². The molecule has 1 aliphatic rings. The lowest BCUT2D eigenvalue weighted by atomic mass is 9.91. The van der Waals surface area contributed by atoms with Gasteiger partial charge in [-0.05, 0) is 43.5 Å². The lowest BCUT2D eigenvalue weighted by Gasteiger charge is -2.42. The first-order chi connectivity index (χ1) is 17.4. The van der Waals surface area contributed by atoms with Crippen LogP contribution in [0.15, 0.2) is 59.8 Å². The highest BCUT2D eigenvalue weighted by Crippen LogP contribution is 2.31. The molecule has 9 heteroatoms. The first-order valence-electron chi connectivity index (χ1n) is 12.3. The summed E-state index contributed by atoms with van der Waals surface area (Å²) in [6.07, 6.45) is 8.13. The number of pyridine rings is 2. The van der Waals surface area contributed by atoms with Crippen LogP contribution in [0.5, 0.6) is 0 Å². The van der Waals surface area contributed by atoms with Crippen LogP contribution >= 0.6 is 0 Å². The quantitative estimate of drug-likeness (QED) is 0.413. The van der Waals surface area contributed by atoms with E-state index in [9.17, 15) is 14.7 Å². The summed E-state index contributed by atoms with van der Waals surface area (Å²) in [5.74, 6) is 0.539. The topological polar surface area (TPSA) is 115 Å². The Bertz CT molecular complexity index is 1450. The van der Waals surface area contributed by atoms with Crippen molar-refractivity contribution in [3.05, 3.63) is 71.2 Å². The zero-order valence-corrected chi connectivity index (χ0v) is 20.4. The van der Waals surface area contributed by atoms with Gasteiger partial charge in [0.1, 0.15) is 5.82 Å². The lowest BCUT2D eigenvalue weighted by molar-refractivity contribution is -0.133. The minimum absolute atomic E-state index is 0.0396. The maximum Gasteiger partial charge on any atom is 0.258 e. The maximum absolute atomic E-state index is 12.8. The number of hydrogen-bond acceptors (Lipinski definition) is 7. The number of anilines is 1. The zero-order chi connectivity index (χ0) is 25.1. The monoisotopic (exact) mass is 486 g/mol. The molecule has 0 spiro atoms. The van der Waals surface area contributed by atoms with Gasteiger partial charge in [-0.3, -0.25) is 19.6 Å². The van der Waals surface area contributed by atoms with Gasteiger partial charge in [0.15, 0.2) is 0 Å². The van der Waals surface area contributed by atoms with Gasteiger partial charge in [0.05, 0.1) is 28.6 Å². The number of H-pyrrole nitrogens is 1. The number of rotatable bonds is 7. The number of likely N-dealkylation sites (N-methyl/N-ethyl adjacent to an activating group) is 1. The highest BCUT2D eigenvalue weighted by atomic mass is 16.3. The summed E-state index contributed by atoms with van der Waals surface area (Å²) in [5, 5.41) is 12.9. The third kappa shape index (κ3) is 5.06. The average molecular weight is 487 g/mol. The molecule has 5 rings (SSSR count). The van der Waals surface area contributed by atoms with Gasteiger partial charge in [0, 0.05) is 62.6 Å². The molecule has 3 aromatic heterocycles. The second kappa shape index (κ2) is 10.0. The molecule has 1 aliphatic heterocycles. The average Bonchev–Trinajstić information content (AvgIpc) is 2.88. The Balaban J connectivity index is 1.19. The minimum atomic E-state index is -1.01. The number of aryl methyl sites for hydroxylation is 1. The van der Waals surface area contributed by atoms with Crippen molar-refractivity contribution in [1.29, 1.82) is 0 Å². The number of carbonyl (C=O) groups is 1. The number of benzene rings is 1. The van der Waals surface area contributed by atoms with Crippen molar-refractivity contribution < 1.29 is 9.90 Å². The van der Waals surface area contributed by atoms with Gasteiger partial charge >= 0.3 is 0 Å². The van der Waals surface area contributed by atoms with Gasteiger partial charge in [-0.25, -0.2) is 4.98 Å². The Morgan fingerprint density at radius 2 is 2.03 bits per heavy atom. The van der Waals surface area contributed by atoms with Crippen LogP contribution in [0.25, 0.3) is 21.8 Å². The van der Waals surface area contributed by atoms with E-state index < -0.39 is 5.60 Å². The molecule has 0 bridgehead atoms. The van der Waals surface area contributed by atoms with Gasteiger partial charge in [0.2, 0.25) is 5.91 Å². The first kappa shape index (κ1) is 23.9. The van der Waals surface area contributed by atoms with Crippen molar-refractivity contribution in [1.82, 2.24) is 24.8 Å². The van der Waals surface area contributed by atoms with E-state index in [1.54, 1.807) is 36.6 Å². The Hall–Kier alpha value is -3.85. The number of nitrogens with zero attached hydrogens (tertiary/aromatic N) is 5. The molecule has 1 saturated heterocycles. The van der Waals surface area contributed by atoms with Gasteiger partial charge < -0.3 is 19.9 Å². The Morgan fingerprint density at radius 1 is 1.17 bits per heavy atom. The Labute approximate surface area is 208 Å². The molecule has 1 unspecified atom stereocenters. The summed E-state index contributed by atoms with van der Waals surface area (Å²) in [7, 11) is 1.74. The molecular weight excluding hydrogens is 456 g/mol. The van der Waals surface area contributed by atoms with E-state index >= 15 is 0 Å². The molecule has 1 fully saturated rings. The SMILES string of the molecule is CN(CC1(O)CCCN(c2ccnc3ccncc23)C1)C(=O)CCCc1nc2ccccc2c(=O)[nH]1. The van der Waals surface area contributed by atoms with Gasteiger partial charge in [0.25, 0.3) is 5.56 Å². The molecule has 4 aromatic rings. The number of aromatic nitrogens is 4. The summed E-state index contributed by atoms with van der Waals surface area (Å²) in [6, 6.07) is 11.0. The van der Waals surface area contributed by atoms with Gasteiger partial charge in [-0.15, -0.1) is 0 Å². The molecule has 0 aliphatic carbocycles. The molecule has 36 heavy (non-hydrogen) atoms. The van der Waals surface area contributed by atoms with Crippen LogP contribution in [0.4, 0.5) is 5.69 Å². The van der Waals surface area contributed by atoms with Crippen LogP contribution in [0.2, 0.25) is 0 Å². The van der Waals surface area contributed by atoms with Crippen molar-refractivity contribution >= 4 is 33.4 Å². The molecule has 1 atom stereocenters. The highest BCUT2D eigenvalue weighted by Gasteiger charge is 2.36. The summed E-state index contributed by atoms with van der Waals surface area (Å²) in [5.41, 5.74) is 1.34. The molecule has 0 radical (unpaired) electrons. The van der Waals surface area contributed by atoms with Gasteiger partial charge in [-0.1, -0.05) is 12.1 Å². The summed E-state index contributed by atoms with van der Waals surface area (Å²) in [4.78, 5) is 44.8. The smallest absolute Gasteiger partial charge is 0.258 e. The predicted molar refractivity (Wildman–Crippen MR) is 139 cm³/mol. The number of aromatic amines is 1.